The summed E-state index contributed by atoms with van der Waals surface area (Å²) in [7, 11) is 3.34. The fraction of sp³-hybridized carbons (Fsp3) is 0.590. The average molecular weight is 642 g/mol. The summed E-state index contributed by atoms with van der Waals surface area (Å²) in [5.74, 6) is 3.45. The Hall–Kier alpha value is -3.54. The molecule has 0 radical (unpaired) electrons. The molecule has 0 atom stereocenters. The average Bonchev–Trinajstić information content (AvgIpc) is 3.16. The summed E-state index contributed by atoms with van der Waals surface area (Å²) in [5, 5.41) is 0. The van der Waals surface area contributed by atoms with Crippen LogP contribution in [0.5, 0.6) is 11.8 Å². The van der Waals surface area contributed by atoms with Gasteiger partial charge in [-0.1, -0.05) is 69.9 Å². The maximum absolute atomic E-state index is 11.8. The van der Waals surface area contributed by atoms with E-state index in [1.807, 2.05) is 24.4 Å². The first-order valence-electron chi connectivity index (χ1n) is 17.8. The Morgan fingerprint density at radius 3 is 1.74 bits per heavy atom. The lowest BCUT2D eigenvalue weighted by Crippen LogP contribution is -2.19. The Kier molecular flexibility index (Phi) is 14.9. The topological polar surface area (TPSA) is 118 Å². The van der Waals surface area contributed by atoms with Crippen LogP contribution in [0, 0.1) is 12.5 Å². The minimum Gasteiger partial charge on any atom is -0.481 e. The summed E-state index contributed by atoms with van der Waals surface area (Å²) in [5.41, 5.74) is 17.5. The van der Waals surface area contributed by atoms with Crippen LogP contribution in [0.3, 0.4) is 0 Å². The molecule has 6 rings (SSSR count). The first-order chi connectivity index (χ1) is 23.0. The van der Waals surface area contributed by atoms with Crippen LogP contribution in [0.2, 0.25) is 0 Å². The Labute approximate surface area is 282 Å². The quantitative estimate of drug-likeness (QED) is 0.291. The predicted molar refractivity (Wildman–Crippen MR) is 189 cm³/mol. The van der Waals surface area contributed by atoms with Gasteiger partial charge in [-0.15, -0.1) is 0 Å². The molecular weight excluding hydrogens is 586 g/mol. The van der Waals surface area contributed by atoms with E-state index in [1.54, 1.807) is 20.4 Å². The lowest BCUT2D eigenvalue weighted by atomic mass is 9.79. The molecule has 4 N–H and O–H groups in total. The van der Waals surface area contributed by atoms with Gasteiger partial charge >= 0.3 is 0 Å². The molecule has 3 saturated carbocycles. The molecule has 2 aromatic rings. The van der Waals surface area contributed by atoms with Crippen molar-refractivity contribution >= 4 is 11.5 Å². The molecule has 0 amide bonds. The van der Waals surface area contributed by atoms with Gasteiger partial charge in [-0.2, -0.15) is 0 Å². The number of Topliss-reactive ketones (excluding diaryl/α,β-unsaturated/α-hetero) is 1. The number of aromatic nitrogens is 2. The number of nitrogens with zero attached hydrogens (tertiary/aromatic N) is 3. The minimum absolute atomic E-state index is 0.319. The van der Waals surface area contributed by atoms with Gasteiger partial charge in [0.1, 0.15) is 0 Å². The molecule has 4 aliphatic carbocycles. The SMILES string of the molecule is COc1ncc(CN)cc1C1CCCCC1.NCC1=CCC(=O)C(C2CCCCC2)=C1.[C-]#[N+]c1cnc(OC)c(C2CCCCC2)c1. The van der Waals surface area contributed by atoms with Crippen molar-refractivity contribution in [2.45, 2.75) is 121 Å². The van der Waals surface area contributed by atoms with Crippen LogP contribution in [-0.4, -0.2) is 36.5 Å². The van der Waals surface area contributed by atoms with Crippen LogP contribution >= 0.6 is 0 Å². The number of rotatable bonds is 7. The fourth-order valence-corrected chi connectivity index (χ4v) is 7.48. The standard InChI is InChI=1S/C13H16N2O.C13H20N2O.C13H19NO/c1-14-11-8-12(13(16-2)15-9-11)10-6-4-3-5-7-10;1-16-13-12(7-10(8-14)9-15-13)11-5-3-2-4-6-11;14-9-10-6-7-13(15)12(8-10)11-4-2-1-3-5-11/h8-10H,3-7H2,2H3;7,9,11H,2-6,8,14H2,1H3;6,8,11H,1-5,7,9,14H2. The summed E-state index contributed by atoms with van der Waals surface area (Å²) in [6.45, 7) is 8.14. The molecule has 8 heteroatoms. The minimum atomic E-state index is 0.319. The highest BCUT2D eigenvalue weighted by Gasteiger charge is 2.25. The number of carbonyl (C=O) groups excluding carboxylic acids is 1. The molecule has 2 heterocycles. The molecule has 0 spiro atoms. The van der Waals surface area contributed by atoms with Gasteiger partial charge < -0.3 is 20.9 Å². The lowest BCUT2D eigenvalue weighted by molar-refractivity contribution is -0.115. The van der Waals surface area contributed by atoms with Crippen LogP contribution in [-0.2, 0) is 11.3 Å². The van der Waals surface area contributed by atoms with E-state index in [0.29, 0.717) is 54.6 Å². The molecule has 254 valence electrons. The fourth-order valence-electron chi connectivity index (χ4n) is 7.48. The number of hydrogen-bond acceptors (Lipinski definition) is 7. The van der Waals surface area contributed by atoms with E-state index in [4.69, 9.17) is 27.5 Å². The van der Waals surface area contributed by atoms with Crippen molar-refractivity contribution in [3.8, 4) is 11.8 Å². The number of carbonyl (C=O) groups is 1. The molecule has 8 nitrogen and oxygen atoms in total. The summed E-state index contributed by atoms with van der Waals surface area (Å²) in [6.07, 6.45) is 27.0. The zero-order valence-corrected chi connectivity index (χ0v) is 28.6. The van der Waals surface area contributed by atoms with Crippen LogP contribution in [0.4, 0.5) is 5.69 Å². The third kappa shape index (κ3) is 10.5. The molecule has 0 bridgehead atoms. The van der Waals surface area contributed by atoms with Crippen molar-refractivity contribution in [3.05, 3.63) is 75.9 Å². The molecule has 47 heavy (non-hydrogen) atoms. The highest BCUT2D eigenvalue weighted by atomic mass is 16.5. The van der Waals surface area contributed by atoms with Crippen molar-refractivity contribution in [3.63, 3.8) is 0 Å². The van der Waals surface area contributed by atoms with E-state index in [2.05, 4.69) is 20.9 Å². The maximum atomic E-state index is 11.8. The van der Waals surface area contributed by atoms with Gasteiger partial charge in [-0.25, -0.2) is 14.8 Å². The second kappa shape index (κ2) is 19.3. The summed E-state index contributed by atoms with van der Waals surface area (Å²) >= 11 is 0. The summed E-state index contributed by atoms with van der Waals surface area (Å²) in [6, 6.07) is 4.11. The van der Waals surface area contributed by atoms with Gasteiger partial charge in [-0.05, 0) is 85.1 Å². The van der Waals surface area contributed by atoms with Gasteiger partial charge in [0.15, 0.2) is 5.78 Å². The number of pyridine rings is 2. The van der Waals surface area contributed by atoms with Crippen molar-refractivity contribution in [2.75, 3.05) is 20.8 Å². The van der Waals surface area contributed by atoms with Crippen molar-refractivity contribution in [2.24, 2.45) is 17.4 Å². The van der Waals surface area contributed by atoms with Gasteiger partial charge in [0.25, 0.3) is 0 Å². The molecule has 0 saturated heterocycles. The lowest BCUT2D eigenvalue weighted by Gasteiger charge is -2.25. The molecule has 0 unspecified atom stereocenters. The zero-order valence-electron chi connectivity index (χ0n) is 28.6. The zero-order chi connectivity index (χ0) is 33.4. The molecule has 0 aliphatic heterocycles. The van der Waals surface area contributed by atoms with Gasteiger partial charge in [-0.3, -0.25) is 4.79 Å². The van der Waals surface area contributed by atoms with E-state index in [-0.39, 0.29) is 0 Å². The Morgan fingerprint density at radius 1 is 0.745 bits per heavy atom. The van der Waals surface area contributed by atoms with Crippen LogP contribution < -0.4 is 20.9 Å². The van der Waals surface area contributed by atoms with Gasteiger partial charge in [0.05, 0.1) is 20.8 Å². The van der Waals surface area contributed by atoms with E-state index >= 15 is 0 Å². The monoisotopic (exact) mass is 641 g/mol. The predicted octanol–water partition coefficient (Wildman–Crippen LogP) is 8.64. The Balaban J connectivity index is 0.000000160. The normalized spacial score (nSPS) is 19.2. The van der Waals surface area contributed by atoms with Crippen molar-refractivity contribution in [1.29, 1.82) is 0 Å². The smallest absolute Gasteiger partial charge is 0.216 e. The number of nitrogens with two attached hydrogens (primary N) is 2. The van der Waals surface area contributed by atoms with Crippen molar-refractivity contribution in [1.82, 2.24) is 9.97 Å². The van der Waals surface area contributed by atoms with E-state index in [0.717, 1.165) is 28.2 Å². The van der Waals surface area contributed by atoms with Crippen LogP contribution in [0.25, 0.3) is 4.85 Å². The third-order valence-electron chi connectivity index (χ3n) is 10.1. The summed E-state index contributed by atoms with van der Waals surface area (Å²) < 4.78 is 10.6. The number of hydrogen-bond donors (Lipinski definition) is 2. The van der Waals surface area contributed by atoms with Crippen LogP contribution in [0.1, 0.15) is 131 Å². The van der Waals surface area contributed by atoms with Gasteiger partial charge in [0, 0.05) is 43.0 Å². The number of allylic oxidation sites excluding steroid dienone is 2. The largest absolute Gasteiger partial charge is 0.481 e. The van der Waals surface area contributed by atoms with Gasteiger partial charge in [0.2, 0.25) is 17.4 Å². The molecular formula is C39H55N5O3. The van der Waals surface area contributed by atoms with Crippen molar-refractivity contribution < 1.29 is 14.3 Å². The molecule has 4 aliphatic rings. The maximum Gasteiger partial charge on any atom is 0.216 e. The Morgan fingerprint density at radius 2 is 1.26 bits per heavy atom. The number of ether oxygens (including phenoxy) is 2. The molecule has 2 aromatic heterocycles. The first-order valence-corrected chi connectivity index (χ1v) is 17.8. The molecule has 3 fully saturated rings. The van der Waals surface area contributed by atoms with E-state index in [1.165, 1.54) is 102 Å². The summed E-state index contributed by atoms with van der Waals surface area (Å²) in [4.78, 5) is 23.8. The number of ketones is 1. The number of methoxy groups -OCH3 is 2. The van der Waals surface area contributed by atoms with E-state index in [9.17, 15) is 4.79 Å². The second-order valence-corrected chi connectivity index (χ2v) is 13.3. The Bertz CT molecular complexity index is 1390. The first kappa shape index (κ1) is 36.3. The molecule has 0 aromatic carbocycles. The highest BCUT2D eigenvalue weighted by Crippen LogP contribution is 2.39. The highest BCUT2D eigenvalue weighted by molar-refractivity contribution is 5.98. The third-order valence-corrected chi connectivity index (χ3v) is 10.1. The van der Waals surface area contributed by atoms with E-state index < -0.39 is 0 Å². The second-order valence-electron chi connectivity index (χ2n) is 13.3. The van der Waals surface area contributed by atoms with Crippen LogP contribution in [0.15, 0.2) is 47.8 Å².